The largest absolute Gasteiger partial charge is 0.339 e. The van der Waals surface area contributed by atoms with Crippen LogP contribution in [0.4, 0.5) is 0 Å². The average molecular weight is 304 g/mol. The number of rotatable bonds is 4. The van der Waals surface area contributed by atoms with Gasteiger partial charge in [0.25, 0.3) is 0 Å². The Morgan fingerprint density at radius 3 is 2.95 bits per heavy atom. The van der Waals surface area contributed by atoms with E-state index in [2.05, 4.69) is 32.3 Å². The van der Waals surface area contributed by atoms with Gasteiger partial charge in [0.05, 0.1) is 10.7 Å². The van der Waals surface area contributed by atoms with Crippen LogP contribution in [0.3, 0.4) is 0 Å². The Balaban J connectivity index is 1.41. The Morgan fingerprint density at radius 2 is 2.19 bits per heavy atom. The third-order valence-corrected chi connectivity index (χ3v) is 5.13. The standard InChI is InChI=1S/C15H20N4OS/c1-10-16-13(9-21-10)8-19-6-2-3-12(7-19)14-17-15(20-18-14)11-4-5-11/h9,11-12H,2-8H2,1H3/t12-/m0/s1. The summed E-state index contributed by atoms with van der Waals surface area (Å²) in [4.78, 5) is 11.7. The summed E-state index contributed by atoms with van der Waals surface area (Å²) in [6.45, 7) is 5.15. The van der Waals surface area contributed by atoms with Gasteiger partial charge in [0.15, 0.2) is 5.82 Å². The van der Waals surface area contributed by atoms with Crippen molar-refractivity contribution in [2.45, 2.75) is 51.0 Å². The molecule has 0 unspecified atom stereocenters. The minimum atomic E-state index is 0.412. The molecule has 1 saturated carbocycles. The van der Waals surface area contributed by atoms with E-state index in [0.29, 0.717) is 11.8 Å². The van der Waals surface area contributed by atoms with E-state index in [4.69, 9.17) is 4.52 Å². The molecular formula is C15H20N4OS. The summed E-state index contributed by atoms with van der Waals surface area (Å²) in [5, 5.41) is 7.53. The van der Waals surface area contributed by atoms with E-state index in [9.17, 15) is 0 Å². The number of hydrogen-bond acceptors (Lipinski definition) is 6. The van der Waals surface area contributed by atoms with E-state index in [0.717, 1.165) is 42.8 Å². The molecule has 1 saturated heterocycles. The van der Waals surface area contributed by atoms with Crippen molar-refractivity contribution in [1.82, 2.24) is 20.0 Å². The van der Waals surface area contributed by atoms with Gasteiger partial charge in [0.2, 0.25) is 5.89 Å². The van der Waals surface area contributed by atoms with Gasteiger partial charge in [-0.05, 0) is 39.2 Å². The molecule has 2 aliphatic rings. The van der Waals surface area contributed by atoms with Gasteiger partial charge in [-0.2, -0.15) is 4.98 Å². The molecule has 0 bridgehead atoms. The summed E-state index contributed by atoms with van der Waals surface area (Å²) < 4.78 is 5.41. The number of piperidine rings is 1. The van der Waals surface area contributed by atoms with Crippen molar-refractivity contribution < 1.29 is 4.52 Å². The predicted molar refractivity (Wildman–Crippen MR) is 80.4 cm³/mol. The average Bonchev–Trinajstić information content (AvgIpc) is 3.07. The Labute approximate surface area is 128 Å². The first-order valence-electron chi connectivity index (χ1n) is 7.75. The highest BCUT2D eigenvalue weighted by Gasteiger charge is 2.32. The monoisotopic (exact) mass is 304 g/mol. The molecule has 0 spiro atoms. The summed E-state index contributed by atoms with van der Waals surface area (Å²) in [7, 11) is 0. The van der Waals surface area contributed by atoms with E-state index >= 15 is 0 Å². The van der Waals surface area contributed by atoms with Crippen molar-refractivity contribution in [3.8, 4) is 0 Å². The van der Waals surface area contributed by atoms with E-state index in [1.54, 1.807) is 11.3 Å². The van der Waals surface area contributed by atoms with Gasteiger partial charge >= 0.3 is 0 Å². The molecule has 21 heavy (non-hydrogen) atoms. The molecule has 1 aliphatic carbocycles. The topological polar surface area (TPSA) is 55.1 Å². The van der Waals surface area contributed by atoms with Crippen LogP contribution in [0.2, 0.25) is 0 Å². The third-order valence-electron chi connectivity index (χ3n) is 4.31. The van der Waals surface area contributed by atoms with Gasteiger partial charge in [-0.15, -0.1) is 11.3 Å². The predicted octanol–water partition coefficient (Wildman–Crippen LogP) is 3.09. The lowest BCUT2D eigenvalue weighted by Crippen LogP contribution is -2.34. The van der Waals surface area contributed by atoms with Crippen LogP contribution in [0.5, 0.6) is 0 Å². The first kappa shape index (κ1) is 13.4. The first-order valence-corrected chi connectivity index (χ1v) is 8.63. The van der Waals surface area contributed by atoms with Crippen molar-refractivity contribution in [1.29, 1.82) is 0 Å². The van der Waals surface area contributed by atoms with Crippen molar-refractivity contribution in [3.63, 3.8) is 0 Å². The van der Waals surface area contributed by atoms with E-state index in [1.807, 2.05) is 0 Å². The molecule has 6 heteroatoms. The molecule has 0 amide bonds. The first-order chi connectivity index (χ1) is 10.3. The highest BCUT2D eigenvalue weighted by molar-refractivity contribution is 7.09. The van der Waals surface area contributed by atoms with Gasteiger partial charge in [-0.1, -0.05) is 5.16 Å². The van der Waals surface area contributed by atoms with Crippen LogP contribution >= 0.6 is 11.3 Å². The van der Waals surface area contributed by atoms with Crippen molar-refractivity contribution in [3.05, 3.63) is 27.8 Å². The van der Waals surface area contributed by atoms with Gasteiger partial charge in [-0.3, -0.25) is 4.90 Å². The quantitative estimate of drug-likeness (QED) is 0.869. The maximum Gasteiger partial charge on any atom is 0.229 e. The fourth-order valence-corrected chi connectivity index (χ4v) is 3.63. The summed E-state index contributed by atoms with van der Waals surface area (Å²) >= 11 is 1.73. The van der Waals surface area contributed by atoms with Gasteiger partial charge in [0.1, 0.15) is 0 Å². The molecule has 1 aliphatic heterocycles. The molecule has 4 rings (SSSR count). The fraction of sp³-hybridized carbons (Fsp3) is 0.667. The number of hydrogen-bond donors (Lipinski definition) is 0. The van der Waals surface area contributed by atoms with Crippen LogP contribution in [-0.4, -0.2) is 33.1 Å². The lowest BCUT2D eigenvalue weighted by Gasteiger charge is -2.30. The van der Waals surface area contributed by atoms with Crippen LogP contribution in [0.25, 0.3) is 0 Å². The molecule has 0 radical (unpaired) electrons. The number of likely N-dealkylation sites (tertiary alicyclic amines) is 1. The second-order valence-corrected chi connectivity index (χ2v) is 7.26. The molecule has 0 aromatic carbocycles. The molecule has 3 heterocycles. The number of nitrogens with zero attached hydrogens (tertiary/aromatic N) is 4. The van der Waals surface area contributed by atoms with Crippen LogP contribution in [0.15, 0.2) is 9.90 Å². The van der Waals surface area contributed by atoms with Crippen molar-refractivity contribution in [2.75, 3.05) is 13.1 Å². The Kier molecular flexibility index (Phi) is 3.51. The van der Waals surface area contributed by atoms with E-state index < -0.39 is 0 Å². The summed E-state index contributed by atoms with van der Waals surface area (Å²) in [5.74, 6) is 2.73. The highest BCUT2D eigenvalue weighted by Crippen LogP contribution is 2.39. The lowest BCUT2D eigenvalue weighted by atomic mass is 9.97. The number of aryl methyl sites for hydroxylation is 1. The third kappa shape index (κ3) is 3.01. The Morgan fingerprint density at radius 1 is 1.29 bits per heavy atom. The maximum absolute atomic E-state index is 5.41. The number of thiazole rings is 1. The van der Waals surface area contributed by atoms with Gasteiger partial charge < -0.3 is 4.52 Å². The minimum absolute atomic E-state index is 0.412. The molecule has 0 N–H and O–H groups in total. The molecule has 1 atom stereocenters. The van der Waals surface area contributed by atoms with Crippen molar-refractivity contribution in [2.24, 2.45) is 0 Å². The zero-order chi connectivity index (χ0) is 14.2. The summed E-state index contributed by atoms with van der Waals surface area (Å²) in [6.07, 6.45) is 4.78. The summed E-state index contributed by atoms with van der Waals surface area (Å²) in [6, 6.07) is 0. The molecule has 112 valence electrons. The normalized spacial score (nSPS) is 23.6. The minimum Gasteiger partial charge on any atom is -0.339 e. The number of aromatic nitrogens is 3. The van der Waals surface area contributed by atoms with Crippen LogP contribution < -0.4 is 0 Å². The zero-order valence-corrected chi connectivity index (χ0v) is 13.1. The maximum atomic E-state index is 5.41. The van der Waals surface area contributed by atoms with Crippen molar-refractivity contribution >= 4 is 11.3 Å². The second kappa shape index (κ2) is 5.50. The lowest BCUT2D eigenvalue weighted by molar-refractivity contribution is 0.193. The smallest absolute Gasteiger partial charge is 0.229 e. The zero-order valence-electron chi connectivity index (χ0n) is 12.3. The van der Waals surface area contributed by atoms with Gasteiger partial charge in [0, 0.05) is 30.3 Å². The SMILES string of the molecule is Cc1nc(CN2CCC[C@H](c3noc(C4CC4)n3)C2)cs1. The Hall–Kier alpha value is -1.27. The molecular weight excluding hydrogens is 284 g/mol. The molecule has 2 aromatic heterocycles. The second-order valence-electron chi connectivity index (χ2n) is 6.20. The van der Waals surface area contributed by atoms with Crippen LogP contribution in [-0.2, 0) is 6.54 Å². The van der Waals surface area contributed by atoms with E-state index in [1.165, 1.54) is 25.0 Å². The van der Waals surface area contributed by atoms with Crippen LogP contribution in [0, 0.1) is 6.92 Å². The highest BCUT2D eigenvalue weighted by atomic mass is 32.1. The van der Waals surface area contributed by atoms with Crippen LogP contribution in [0.1, 0.15) is 59.9 Å². The molecule has 2 fully saturated rings. The summed E-state index contributed by atoms with van der Waals surface area (Å²) in [5.41, 5.74) is 1.19. The molecule has 2 aromatic rings. The molecule has 5 nitrogen and oxygen atoms in total. The van der Waals surface area contributed by atoms with Gasteiger partial charge in [-0.25, -0.2) is 4.98 Å². The Bertz CT molecular complexity index is 619. The fourth-order valence-electron chi connectivity index (χ4n) is 3.03. The van der Waals surface area contributed by atoms with E-state index in [-0.39, 0.29) is 0 Å².